The molecule has 0 aliphatic carbocycles. The Hall–Kier alpha value is -2.24. The summed E-state index contributed by atoms with van der Waals surface area (Å²) in [5.74, 6) is 0. The zero-order valence-electron chi connectivity index (χ0n) is 27.1. The fourth-order valence-electron chi connectivity index (χ4n) is 7.31. The molecule has 0 aromatic carbocycles. The third-order valence-electron chi connectivity index (χ3n) is 9.21. The third-order valence-corrected chi connectivity index (χ3v) is 10.6. The van der Waals surface area contributed by atoms with Crippen LogP contribution in [0, 0.1) is 0 Å². The number of hydrogen-bond donors (Lipinski definition) is 0. The normalized spacial score (nSPS) is 13.3. The van der Waals surface area contributed by atoms with Crippen molar-refractivity contribution < 1.29 is 0 Å². The Kier molecular flexibility index (Phi) is 9.97. The third kappa shape index (κ3) is 4.96. The van der Waals surface area contributed by atoms with Crippen LogP contribution in [-0.2, 0) is 38.6 Å². The van der Waals surface area contributed by atoms with Gasteiger partial charge in [-0.1, -0.05) is 83.3 Å². The van der Waals surface area contributed by atoms with E-state index < -0.39 is 0 Å². The molecule has 0 saturated heterocycles. The highest BCUT2D eigenvalue weighted by molar-refractivity contribution is 6.54. The minimum Gasteiger partial charge on any atom is -0.341 e. The summed E-state index contributed by atoms with van der Waals surface area (Å²) in [7, 11) is 0. The second-order valence-electron chi connectivity index (χ2n) is 11.2. The fraction of sp³-hybridized carbons (Fsp3) is 0.444. The van der Waals surface area contributed by atoms with Crippen LogP contribution in [0.25, 0.3) is 44.3 Å². The Morgan fingerprint density at radius 3 is 1.61 bits per heavy atom. The summed E-state index contributed by atoms with van der Waals surface area (Å²) in [6.45, 7) is 18.5. The van der Waals surface area contributed by atoms with Crippen molar-refractivity contribution in [1.82, 2.24) is 18.6 Å². The molecular formula is C36H42Cl4N4. The molecule has 44 heavy (non-hydrogen) atoms. The van der Waals surface area contributed by atoms with Gasteiger partial charge in [-0.05, 0) is 91.8 Å². The summed E-state index contributed by atoms with van der Waals surface area (Å²) in [4.78, 5) is 10.5. The molecular weight excluding hydrogens is 630 g/mol. The van der Waals surface area contributed by atoms with E-state index in [1.54, 1.807) is 4.09 Å². The van der Waals surface area contributed by atoms with Crippen molar-refractivity contribution in [3.63, 3.8) is 0 Å². The predicted octanol–water partition coefficient (Wildman–Crippen LogP) is 11.9. The van der Waals surface area contributed by atoms with Gasteiger partial charge in [-0.3, -0.25) is 0 Å². The molecule has 234 valence electrons. The van der Waals surface area contributed by atoms with E-state index in [9.17, 15) is 0 Å². The maximum Gasteiger partial charge on any atom is 0.103 e. The van der Waals surface area contributed by atoms with E-state index in [4.69, 9.17) is 56.5 Å². The van der Waals surface area contributed by atoms with E-state index in [1.165, 1.54) is 33.4 Å². The number of hydrogen-bond acceptors (Lipinski definition) is 2. The number of nitrogens with zero attached hydrogens (tertiary/aromatic N) is 4. The minimum atomic E-state index is 0.331. The number of allylic oxidation sites excluding steroid dienone is 2. The topological polar surface area (TPSA) is 35.6 Å². The van der Waals surface area contributed by atoms with Crippen LogP contribution in [-0.4, -0.2) is 18.6 Å². The maximum absolute atomic E-state index is 7.22. The number of fused-ring (bicyclic) bond motifs is 8. The Morgan fingerprint density at radius 2 is 1.11 bits per heavy atom. The van der Waals surface area contributed by atoms with E-state index in [-0.39, 0.29) is 0 Å². The fourth-order valence-corrected chi connectivity index (χ4v) is 8.84. The summed E-state index contributed by atoms with van der Waals surface area (Å²) >= 11 is 28.3. The van der Waals surface area contributed by atoms with Gasteiger partial charge in [-0.15, -0.1) is 0 Å². The van der Waals surface area contributed by atoms with Gasteiger partial charge in [0.15, 0.2) is 0 Å². The average Bonchev–Trinajstić information content (AvgIpc) is 3.72. The zero-order valence-corrected chi connectivity index (χ0v) is 30.1. The summed E-state index contributed by atoms with van der Waals surface area (Å²) < 4.78 is 4.07. The molecule has 0 amide bonds. The largest absolute Gasteiger partial charge is 0.341 e. The van der Waals surface area contributed by atoms with E-state index in [0.29, 0.717) is 32.7 Å². The molecule has 0 unspecified atom stereocenters. The van der Waals surface area contributed by atoms with Crippen LogP contribution in [0.4, 0.5) is 0 Å². The van der Waals surface area contributed by atoms with Crippen molar-refractivity contribution in [3.8, 4) is 0 Å². The molecule has 8 bridgehead atoms. The lowest BCUT2D eigenvalue weighted by molar-refractivity contribution is 0.815. The molecule has 0 N–H and O–H groups in total. The molecule has 5 rings (SSSR count). The highest BCUT2D eigenvalue weighted by Crippen LogP contribution is 2.44. The van der Waals surface area contributed by atoms with Crippen molar-refractivity contribution >= 4 is 90.9 Å². The molecule has 0 spiro atoms. The second-order valence-corrected chi connectivity index (χ2v) is 12.7. The van der Waals surface area contributed by atoms with Gasteiger partial charge >= 0.3 is 0 Å². The van der Waals surface area contributed by atoms with Crippen molar-refractivity contribution in [3.05, 3.63) is 66.7 Å². The highest BCUT2D eigenvalue weighted by atomic mass is 35.5. The molecule has 3 aromatic heterocycles. The summed E-state index contributed by atoms with van der Waals surface area (Å²) in [6.07, 6.45) is 7.77. The van der Waals surface area contributed by atoms with Gasteiger partial charge in [0, 0.05) is 35.0 Å². The van der Waals surface area contributed by atoms with Gasteiger partial charge in [0.1, 0.15) is 5.69 Å². The second kappa shape index (κ2) is 13.2. The van der Waals surface area contributed by atoms with E-state index in [1.807, 2.05) is 6.08 Å². The molecule has 0 saturated carbocycles. The van der Waals surface area contributed by atoms with E-state index in [2.05, 4.69) is 66.0 Å². The SMILES string of the molecule is CCC1=C(CC)c2nc1c(CC)c1c(CC)c(Cl)c(c(Cl)c3nc(cc4c(CC)c(CC)c(c2CC)n4CC)C=C3Cl)n1Cl. The van der Waals surface area contributed by atoms with Gasteiger partial charge < -0.3 is 4.57 Å². The van der Waals surface area contributed by atoms with Crippen molar-refractivity contribution in [2.45, 2.75) is 107 Å². The Balaban J connectivity index is 2.23. The maximum atomic E-state index is 7.22. The van der Waals surface area contributed by atoms with Crippen LogP contribution >= 0.6 is 46.6 Å². The average molecular weight is 673 g/mol. The smallest absolute Gasteiger partial charge is 0.103 e. The molecule has 5 heterocycles. The van der Waals surface area contributed by atoms with Crippen LogP contribution in [0.1, 0.15) is 119 Å². The van der Waals surface area contributed by atoms with E-state index in [0.717, 1.165) is 84.3 Å². The molecule has 0 fully saturated rings. The standard InChI is InChI=1S/C36H42Cl4N4/c1-9-20-23(12-4)34-25(14-6)31-21(10-2)22(11-3)32(42-31)26(15-7)35-24(13-5)29(38)36(44(35)40)30(39)33-27(37)17-19(41-33)18-28(20)43(34)16-8/h17-18H,9-16H2,1-8H3. The number of aromatic nitrogens is 4. The lowest BCUT2D eigenvalue weighted by Gasteiger charge is -2.11. The van der Waals surface area contributed by atoms with Gasteiger partial charge in [-0.2, -0.15) is 0 Å². The van der Waals surface area contributed by atoms with Crippen LogP contribution in [0.2, 0.25) is 10.0 Å². The van der Waals surface area contributed by atoms with Crippen molar-refractivity contribution in [2.24, 2.45) is 0 Å². The first-order chi connectivity index (χ1) is 21.2. The monoisotopic (exact) mass is 670 g/mol. The van der Waals surface area contributed by atoms with Gasteiger partial charge in [0.2, 0.25) is 0 Å². The molecule has 2 aliphatic rings. The minimum absolute atomic E-state index is 0.331. The van der Waals surface area contributed by atoms with Crippen LogP contribution in [0.5, 0.6) is 0 Å². The lowest BCUT2D eigenvalue weighted by Crippen LogP contribution is -2.01. The first-order valence-electron chi connectivity index (χ1n) is 16.1. The Bertz CT molecular complexity index is 1890. The summed E-state index contributed by atoms with van der Waals surface area (Å²) in [5.41, 5.74) is 15.8. The predicted molar refractivity (Wildman–Crippen MR) is 193 cm³/mol. The number of halogens is 4. The molecule has 2 aliphatic heterocycles. The van der Waals surface area contributed by atoms with E-state index >= 15 is 0 Å². The molecule has 4 nitrogen and oxygen atoms in total. The van der Waals surface area contributed by atoms with Crippen molar-refractivity contribution in [2.75, 3.05) is 0 Å². The first kappa shape index (κ1) is 33.1. The Morgan fingerprint density at radius 1 is 0.568 bits per heavy atom. The van der Waals surface area contributed by atoms with Gasteiger partial charge in [-0.25, -0.2) is 14.1 Å². The first-order valence-corrected chi connectivity index (χ1v) is 17.6. The molecule has 0 atom stereocenters. The van der Waals surface area contributed by atoms with Crippen LogP contribution in [0.15, 0.2) is 6.07 Å². The highest BCUT2D eigenvalue weighted by Gasteiger charge is 2.28. The molecule has 3 aromatic rings. The lowest BCUT2D eigenvalue weighted by atomic mass is 9.93. The van der Waals surface area contributed by atoms with Crippen LogP contribution in [0.3, 0.4) is 0 Å². The molecule has 8 heteroatoms. The zero-order chi connectivity index (χ0) is 32.0. The van der Waals surface area contributed by atoms with Crippen molar-refractivity contribution in [1.29, 1.82) is 0 Å². The number of rotatable bonds is 8. The van der Waals surface area contributed by atoms with Gasteiger partial charge in [0.05, 0.1) is 48.7 Å². The van der Waals surface area contributed by atoms with Crippen LogP contribution < -0.4 is 0 Å². The number of aryl methyl sites for hydroxylation is 6. The van der Waals surface area contributed by atoms with Gasteiger partial charge in [0.25, 0.3) is 0 Å². The quantitative estimate of drug-likeness (QED) is 0.239. The summed E-state index contributed by atoms with van der Waals surface area (Å²) in [5, 5.41) is 1.32. The molecule has 0 radical (unpaired) electrons. The Labute approximate surface area is 281 Å². The summed E-state index contributed by atoms with van der Waals surface area (Å²) in [6, 6.07) is 2.15.